The Kier molecular flexibility index (Phi) is 4.08. The lowest BCUT2D eigenvalue weighted by molar-refractivity contribution is 0.127. The molecule has 0 heterocycles. The third kappa shape index (κ3) is 2.73. The van der Waals surface area contributed by atoms with Gasteiger partial charge in [0.15, 0.2) is 0 Å². The van der Waals surface area contributed by atoms with Crippen LogP contribution in [-0.2, 0) is 12.8 Å². The van der Waals surface area contributed by atoms with E-state index in [1.54, 1.807) is 5.57 Å². The van der Waals surface area contributed by atoms with Crippen LogP contribution in [-0.4, -0.2) is 0 Å². The lowest BCUT2D eigenvalue weighted by Crippen LogP contribution is -2.28. The van der Waals surface area contributed by atoms with Crippen LogP contribution < -0.4 is 0 Å². The van der Waals surface area contributed by atoms with Crippen LogP contribution in [0.1, 0.15) is 62.6 Å². The van der Waals surface area contributed by atoms with Crippen LogP contribution in [0.5, 0.6) is 0 Å². The minimum Gasteiger partial charge on any atom is -0.0648 e. The van der Waals surface area contributed by atoms with E-state index in [0.717, 1.165) is 12.8 Å². The van der Waals surface area contributed by atoms with Crippen molar-refractivity contribution in [1.82, 2.24) is 0 Å². The Morgan fingerprint density at radius 1 is 0.958 bits per heavy atom. The summed E-state index contributed by atoms with van der Waals surface area (Å²) in [6.07, 6.45) is 11.7. The summed E-state index contributed by atoms with van der Waals surface area (Å²) in [5.41, 5.74) is 9.45. The second-order valence-electron chi connectivity index (χ2n) is 7.79. The Hall–Kier alpha value is -1.82. The SMILES string of the molecule is CCc1ccc(-c2cccc3c2C=C(CC2(CC)CCC2)C3)cc1. The van der Waals surface area contributed by atoms with E-state index in [0.29, 0.717) is 5.41 Å². The molecule has 24 heavy (non-hydrogen) atoms. The zero-order chi connectivity index (χ0) is 16.6. The number of rotatable bonds is 5. The van der Waals surface area contributed by atoms with Crippen molar-refractivity contribution in [2.75, 3.05) is 0 Å². The van der Waals surface area contributed by atoms with Gasteiger partial charge in [-0.1, -0.05) is 80.8 Å². The van der Waals surface area contributed by atoms with Crippen molar-refractivity contribution >= 4 is 6.08 Å². The number of benzene rings is 2. The molecule has 0 spiro atoms. The molecular weight excluding hydrogens is 288 g/mol. The highest BCUT2D eigenvalue weighted by Crippen LogP contribution is 2.50. The first-order valence-electron chi connectivity index (χ1n) is 9.64. The number of allylic oxidation sites excluding steroid dienone is 1. The van der Waals surface area contributed by atoms with Crippen LogP contribution in [0, 0.1) is 5.41 Å². The minimum atomic E-state index is 0.622. The molecule has 0 heteroatoms. The van der Waals surface area contributed by atoms with Crippen molar-refractivity contribution < 1.29 is 0 Å². The van der Waals surface area contributed by atoms with Gasteiger partial charge in [0.25, 0.3) is 0 Å². The molecule has 0 bridgehead atoms. The highest BCUT2D eigenvalue weighted by molar-refractivity contribution is 5.80. The molecule has 0 radical (unpaired) electrons. The average Bonchev–Trinajstić information content (AvgIpc) is 3.00. The van der Waals surface area contributed by atoms with Gasteiger partial charge in [0.1, 0.15) is 0 Å². The summed E-state index contributed by atoms with van der Waals surface area (Å²) in [6, 6.07) is 16.0. The van der Waals surface area contributed by atoms with Gasteiger partial charge in [-0.05, 0) is 65.3 Å². The van der Waals surface area contributed by atoms with Crippen LogP contribution in [0.4, 0.5) is 0 Å². The average molecular weight is 316 g/mol. The Morgan fingerprint density at radius 2 is 1.75 bits per heavy atom. The molecule has 2 aliphatic rings. The lowest BCUT2D eigenvalue weighted by atomic mass is 9.63. The van der Waals surface area contributed by atoms with Gasteiger partial charge in [0, 0.05) is 0 Å². The zero-order valence-electron chi connectivity index (χ0n) is 15.1. The molecule has 0 unspecified atom stereocenters. The quantitative estimate of drug-likeness (QED) is 0.567. The molecule has 0 nitrogen and oxygen atoms in total. The summed E-state index contributed by atoms with van der Waals surface area (Å²) in [7, 11) is 0. The van der Waals surface area contributed by atoms with E-state index in [4.69, 9.17) is 0 Å². The summed E-state index contributed by atoms with van der Waals surface area (Å²) < 4.78 is 0. The predicted octanol–water partition coefficient (Wildman–Crippen LogP) is 6.83. The van der Waals surface area contributed by atoms with E-state index in [1.165, 1.54) is 59.9 Å². The third-order valence-corrected chi connectivity index (χ3v) is 6.40. The fourth-order valence-corrected chi connectivity index (χ4v) is 4.54. The van der Waals surface area contributed by atoms with Crippen molar-refractivity contribution in [2.45, 2.75) is 58.8 Å². The van der Waals surface area contributed by atoms with Gasteiger partial charge in [-0.2, -0.15) is 0 Å². The zero-order valence-corrected chi connectivity index (χ0v) is 15.1. The van der Waals surface area contributed by atoms with Gasteiger partial charge in [0.2, 0.25) is 0 Å². The Balaban J connectivity index is 1.64. The molecule has 0 N–H and O–H groups in total. The Bertz CT molecular complexity index is 752. The first-order chi connectivity index (χ1) is 11.7. The molecule has 124 valence electrons. The predicted molar refractivity (Wildman–Crippen MR) is 104 cm³/mol. The molecule has 0 aliphatic heterocycles. The summed E-state index contributed by atoms with van der Waals surface area (Å²) in [5, 5.41) is 0. The van der Waals surface area contributed by atoms with E-state index >= 15 is 0 Å². The number of hydrogen-bond donors (Lipinski definition) is 0. The van der Waals surface area contributed by atoms with Crippen LogP contribution >= 0.6 is 0 Å². The monoisotopic (exact) mass is 316 g/mol. The molecule has 2 aromatic carbocycles. The van der Waals surface area contributed by atoms with Crippen LogP contribution in [0.25, 0.3) is 17.2 Å². The van der Waals surface area contributed by atoms with Crippen molar-refractivity contribution in [2.24, 2.45) is 5.41 Å². The van der Waals surface area contributed by atoms with Crippen molar-refractivity contribution in [3.8, 4) is 11.1 Å². The molecule has 0 aromatic heterocycles. The van der Waals surface area contributed by atoms with Gasteiger partial charge < -0.3 is 0 Å². The third-order valence-electron chi connectivity index (χ3n) is 6.40. The molecular formula is C24H28. The molecule has 0 amide bonds. The van der Waals surface area contributed by atoms with Crippen LogP contribution in [0.15, 0.2) is 48.0 Å². The number of aryl methyl sites for hydroxylation is 1. The van der Waals surface area contributed by atoms with Gasteiger partial charge in [-0.15, -0.1) is 0 Å². The maximum atomic E-state index is 2.51. The molecule has 4 rings (SSSR count). The number of fused-ring (bicyclic) bond motifs is 1. The highest BCUT2D eigenvalue weighted by atomic mass is 14.4. The first kappa shape index (κ1) is 15.7. The van der Waals surface area contributed by atoms with E-state index < -0.39 is 0 Å². The Labute approximate surface area is 146 Å². The standard InChI is InChI=1S/C24H28/c1-3-18-9-11-20(12-10-18)22-8-5-7-21-15-19(16-23(21)22)17-24(4-2)13-6-14-24/h5,7-12,16H,3-4,6,13-15,17H2,1-2H3. The molecule has 1 saturated carbocycles. The van der Waals surface area contributed by atoms with E-state index in [1.807, 2.05) is 0 Å². The minimum absolute atomic E-state index is 0.622. The number of hydrogen-bond acceptors (Lipinski definition) is 0. The molecule has 2 aliphatic carbocycles. The smallest absolute Gasteiger partial charge is 0.00574 e. The Morgan fingerprint density at radius 3 is 2.38 bits per heavy atom. The fourth-order valence-electron chi connectivity index (χ4n) is 4.54. The molecule has 0 saturated heterocycles. The van der Waals surface area contributed by atoms with Gasteiger partial charge >= 0.3 is 0 Å². The van der Waals surface area contributed by atoms with Gasteiger partial charge in [-0.25, -0.2) is 0 Å². The summed E-state index contributed by atoms with van der Waals surface area (Å²) in [4.78, 5) is 0. The van der Waals surface area contributed by atoms with Crippen molar-refractivity contribution in [3.05, 3.63) is 64.7 Å². The van der Waals surface area contributed by atoms with Gasteiger partial charge in [0.05, 0.1) is 0 Å². The summed E-state index contributed by atoms with van der Waals surface area (Å²) in [5.74, 6) is 0. The summed E-state index contributed by atoms with van der Waals surface area (Å²) >= 11 is 0. The molecule has 0 atom stereocenters. The van der Waals surface area contributed by atoms with E-state index in [2.05, 4.69) is 62.4 Å². The highest BCUT2D eigenvalue weighted by Gasteiger charge is 2.36. The van der Waals surface area contributed by atoms with E-state index in [-0.39, 0.29) is 0 Å². The molecule has 2 aromatic rings. The normalized spacial score (nSPS) is 18.0. The topological polar surface area (TPSA) is 0 Å². The fraction of sp³-hybridized carbons (Fsp3) is 0.417. The summed E-state index contributed by atoms with van der Waals surface area (Å²) in [6.45, 7) is 4.59. The maximum Gasteiger partial charge on any atom is -0.00574 e. The first-order valence-corrected chi connectivity index (χ1v) is 9.64. The largest absolute Gasteiger partial charge is 0.0648 e. The second kappa shape index (κ2) is 6.24. The lowest BCUT2D eigenvalue weighted by Gasteiger charge is -2.42. The molecule has 1 fully saturated rings. The van der Waals surface area contributed by atoms with Gasteiger partial charge in [-0.3, -0.25) is 0 Å². The van der Waals surface area contributed by atoms with Crippen molar-refractivity contribution in [3.63, 3.8) is 0 Å². The van der Waals surface area contributed by atoms with Crippen molar-refractivity contribution in [1.29, 1.82) is 0 Å². The van der Waals surface area contributed by atoms with Crippen LogP contribution in [0.3, 0.4) is 0 Å². The van der Waals surface area contributed by atoms with E-state index in [9.17, 15) is 0 Å². The second-order valence-corrected chi connectivity index (χ2v) is 7.79. The van der Waals surface area contributed by atoms with Crippen LogP contribution in [0.2, 0.25) is 0 Å². The maximum absolute atomic E-state index is 2.51.